The van der Waals surface area contributed by atoms with E-state index in [1.165, 1.54) is 0 Å². The number of nitrogens with zero attached hydrogens (tertiary/aromatic N) is 2. The highest BCUT2D eigenvalue weighted by atomic mass is 32.1. The number of amides is 2. The summed E-state index contributed by atoms with van der Waals surface area (Å²) in [6.45, 7) is 7.11. The molecule has 1 aromatic carbocycles. The Morgan fingerprint density at radius 3 is 2.62 bits per heavy atom. The van der Waals surface area contributed by atoms with E-state index in [-0.39, 0.29) is 17.9 Å². The third-order valence-electron chi connectivity index (χ3n) is 4.27. The van der Waals surface area contributed by atoms with Gasteiger partial charge in [0.2, 0.25) is 5.91 Å². The Bertz CT molecular complexity index is 756. The van der Waals surface area contributed by atoms with Gasteiger partial charge in [-0.25, -0.2) is 9.78 Å². The van der Waals surface area contributed by atoms with Crippen LogP contribution in [0.3, 0.4) is 0 Å². The number of likely N-dealkylation sites (tertiary alicyclic amines) is 1. The Morgan fingerprint density at radius 2 is 1.96 bits per heavy atom. The molecule has 1 aromatic heterocycles. The molecular weight excluding hydrogens is 350 g/mol. The number of nitrogens with one attached hydrogen (secondary N) is 1. The van der Waals surface area contributed by atoms with E-state index in [4.69, 9.17) is 4.74 Å². The number of carbonyl (C=O) groups is 2. The summed E-state index contributed by atoms with van der Waals surface area (Å²) in [5.74, 6) is -0.0313. The number of thiazole rings is 1. The molecule has 3 rings (SSSR count). The zero-order valence-corrected chi connectivity index (χ0v) is 16.3. The molecule has 0 unspecified atom stereocenters. The van der Waals surface area contributed by atoms with Crippen molar-refractivity contribution in [3.05, 3.63) is 29.3 Å². The van der Waals surface area contributed by atoms with E-state index in [2.05, 4.69) is 10.3 Å². The molecule has 2 aromatic rings. The van der Waals surface area contributed by atoms with E-state index >= 15 is 0 Å². The maximum Gasteiger partial charge on any atom is 0.410 e. The second-order valence-electron chi connectivity index (χ2n) is 7.53. The van der Waals surface area contributed by atoms with Crippen LogP contribution in [0.5, 0.6) is 0 Å². The molecule has 1 aliphatic rings. The number of rotatable bonds is 3. The summed E-state index contributed by atoms with van der Waals surface area (Å²) >= 11 is 1.60. The molecule has 0 atom stereocenters. The van der Waals surface area contributed by atoms with Gasteiger partial charge in [0.05, 0.1) is 16.8 Å². The van der Waals surface area contributed by atoms with Crippen LogP contribution in [0.4, 0.5) is 4.79 Å². The molecule has 0 spiro atoms. The first-order valence-corrected chi connectivity index (χ1v) is 9.73. The lowest BCUT2D eigenvalue weighted by Gasteiger charge is -2.32. The topological polar surface area (TPSA) is 71.5 Å². The quantitative estimate of drug-likeness (QED) is 0.890. The van der Waals surface area contributed by atoms with Crippen LogP contribution in [-0.2, 0) is 16.1 Å². The fourth-order valence-corrected chi connectivity index (χ4v) is 3.86. The Labute approximate surface area is 157 Å². The van der Waals surface area contributed by atoms with Gasteiger partial charge in [0, 0.05) is 19.0 Å². The van der Waals surface area contributed by atoms with E-state index < -0.39 is 5.60 Å². The van der Waals surface area contributed by atoms with Crippen molar-refractivity contribution in [3.63, 3.8) is 0 Å². The second-order valence-corrected chi connectivity index (χ2v) is 8.65. The molecule has 2 amide bonds. The van der Waals surface area contributed by atoms with Crippen molar-refractivity contribution in [2.75, 3.05) is 13.1 Å². The molecule has 1 N–H and O–H groups in total. The van der Waals surface area contributed by atoms with Crippen molar-refractivity contribution in [1.82, 2.24) is 15.2 Å². The lowest BCUT2D eigenvalue weighted by Crippen LogP contribution is -2.44. The third kappa shape index (κ3) is 4.72. The first kappa shape index (κ1) is 18.6. The molecule has 1 saturated heterocycles. The minimum atomic E-state index is -0.497. The molecule has 26 heavy (non-hydrogen) atoms. The van der Waals surface area contributed by atoms with Crippen molar-refractivity contribution in [2.24, 2.45) is 5.92 Å². The van der Waals surface area contributed by atoms with Crippen LogP contribution in [0.2, 0.25) is 0 Å². The SMILES string of the molecule is CC(C)(C)OC(=O)N1CCC(C(=O)NCc2nc3ccccc3s2)CC1. The molecule has 6 nitrogen and oxygen atoms in total. The number of hydrogen-bond donors (Lipinski definition) is 1. The number of ether oxygens (including phenoxy) is 1. The Morgan fingerprint density at radius 1 is 1.27 bits per heavy atom. The zero-order valence-electron chi connectivity index (χ0n) is 15.4. The van der Waals surface area contributed by atoms with Gasteiger partial charge in [0.25, 0.3) is 0 Å². The molecular formula is C19H25N3O3S. The first-order valence-electron chi connectivity index (χ1n) is 8.92. The number of para-hydroxylation sites is 1. The predicted molar refractivity (Wildman–Crippen MR) is 102 cm³/mol. The Balaban J connectivity index is 1.47. The van der Waals surface area contributed by atoms with Gasteiger partial charge in [0.1, 0.15) is 10.6 Å². The van der Waals surface area contributed by atoms with Gasteiger partial charge in [-0.1, -0.05) is 12.1 Å². The van der Waals surface area contributed by atoms with Gasteiger partial charge in [-0.3, -0.25) is 4.79 Å². The van der Waals surface area contributed by atoms with Gasteiger partial charge < -0.3 is 15.0 Å². The highest BCUT2D eigenvalue weighted by molar-refractivity contribution is 7.18. The average molecular weight is 375 g/mol. The van der Waals surface area contributed by atoms with Crippen molar-refractivity contribution >= 4 is 33.6 Å². The Kier molecular flexibility index (Phi) is 5.46. The van der Waals surface area contributed by atoms with E-state index in [0.29, 0.717) is 32.5 Å². The number of benzene rings is 1. The number of piperidine rings is 1. The molecule has 0 aliphatic carbocycles. The summed E-state index contributed by atoms with van der Waals surface area (Å²) in [6, 6.07) is 7.96. The standard InChI is InChI=1S/C19H25N3O3S/c1-19(2,3)25-18(24)22-10-8-13(9-11-22)17(23)20-12-16-21-14-6-4-5-7-15(14)26-16/h4-7,13H,8-12H2,1-3H3,(H,20,23). The minimum absolute atomic E-state index is 0.0353. The monoisotopic (exact) mass is 375 g/mol. The van der Waals surface area contributed by atoms with E-state index in [9.17, 15) is 9.59 Å². The molecule has 1 aliphatic heterocycles. The normalized spacial score (nSPS) is 15.9. The number of aromatic nitrogens is 1. The predicted octanol–water partition coefficient (Wildman–Crippen LogP) is 3.56. The molecule has 0 saturated carbocycles. The van der Waals surface area contributed by atoms with Crippen molar-refractivity contribution in [2.45, 2.75) is 45.8 Å². The Hall–Kier alpha value is -2.15. The summed E-state index contributed by atoms with van der Waals surface area (Å²) < 4.78 is 6.51. The summed E-state index contributed by atoms with van der Waals surface area (Å²) in [4.78, 5) is 30.7. The highest BCUT2D eigenvalue weighted by Crippen LogP contribution is 2.22. The second kappa shape index (κ2) is 7.61. The van der Waals surface area contributed by atoms with E-state index in [0.717, 1.165) is 15.2 Å². The van der Waals surface area contributed by atoms with Gasteiger partial charge >= 0.3 is 6.09 Å². The maximum absolute atomic E-state index is 12.4. The molecule has 1 fully saturated rings. The highest BCUT2D eigenvalue weighted by Gasteiger charge is 2.29. The fourth-order valence-electron chi connectivity index (χ4n) is 2.95. The molecule has 2 heterocycles. The van der Waals surface area contributed by atoms with Gasteiger partial charge in [-0.2, -0.15) is 0 Å². The van der Waals surface area contributed by atoms with Crippen LogP contribution in [-0.4, -0.2) is 40.6 Å². The van der Waals surface area contributed by atoms with Crippen LogP contribution in [0, 0.1) is 5.92 Å². The molecule has 0 bridgehead atoms. The van der Waals surface area contributed by atoms with Gasteiger partial charge in [-0.05, 0) is 45.7 Å². The molecule has 140 valence electrons. The van der Waals surface area contributed by atoms with Crippen molar-refractivity contribution < 1.29 is 14.3 Å². The number of fused-ring (bicyclic) bond motifs is 1. The van der Waals surface area contributed by atoms with Gasteiger partial charge in [-0.15, -0.1) is 11.3 Å². The van der Waals surface area contributed by atoms with Crippen LogP contribution in [0.15, 0.2) is 24.3 Å². The van der Waals surface area contributed by atoms with E-state index in [1.807, 2.05) is 45.0 Å². The summed E-state index contributed by atoms with van der Waals surface area (Å²) in [5.41, 5.74) is 0.468. The number of carbonyl (C=O) groups excluding carboxylic acids is 2. The van der Waals surface area contributed by atoms with Crippen LogP contribution >= 0.6 is 11.3 Å². The van der Waals surface area contributed by atoms with Crippen LogP contribution < -0.4 is 5.32 Å². The van der Waals surface area contributed by atoms with Crippen molar-refractivity contribution in [1.29, 1.82) is 0 Å². The average Bonchev–Trinajstić information content (AvgIpc) is 3.01. The maximum atomic E-state index is 12.4. The van der Waals surface area contributed by atoms with Gasteiger partial charge in [0.15, 0.2) is 0 Å². The summed E-state index contributed by atoms with van der Waals surface area (Å²) in [5, 5.41) is 3.89. The molecule has 7 heteroatoms. The number of hydrogen-bond acceptors (Lipinski definition) is 5. The molecule has 0 radical (unpaired) electrons. The third-order valence-corrected chi connectivity index (χ3v) is 5.31. The lowest BCUT2D eigenvalue weighted by molar-refractivity contribution is -0.126. The fraction of sp³-hybridized carbons (Fsp3) is 0.526. The van der Waals surface area contributed by atoms with Crippen molar-refractivity contribution in [3.8, 4) is 0 Å². The zero-order chi connectivity index (χ0) is 18.7. The lowest BCUT2D eigenvalue weighted by atomic mass is 9.96. The van der Waals surface area contributed by atoms with Crippen LogP contribution in [0.25, 0.3) is 10.2 Å². The van der Waals surface area contributed by atoms with Crippen LogP contribution in [0.1, 0.15) is 38.6 Å². The first-order chi connectivity index (χ1) is 12.3. The summed E-state index contributed by atoms with van der Waals surface area (Å²) in [7, 11) is 0. The largest absolute Gasteiger partial charge is 0.444 e. The minimum Gasteiger partial charge on any atom is -0.444 e. The summed E-state index contributed by atoms with van der Waals surface area (Å²) in [6.07, 6.45) is 1.02. The smallest absolute Gasteiger partial charge is 0.410 e. The van der Waals surface area contributed by atoms with E-state index in [1.54, 1.807) is 16.2 Å².